The van der Waals surface area contributed by atoms with Gasteiger partial charge < -0.3 is 10.5 Å². The van der Waals surface area contributed by atoms with E-state index in [2.05, 4.69) is 20.9 Å². The summed E-state index contributed by atoms with van der Waals surface area (Å²) in [6, 6.07) is 7.32. The molecule has 0 unspecified atom stereocenters. The maximum Gasteiger partial charge on any atom is 0.273 e. The van der Waals surface area contributed by atoms with Crippen molar-refractivity contribution in [1.29, 1.82) is 5.41 Å². The molecular formula is C12H9BrN4O3. The third-order valence-corrected chi connectivity index (χ3v) is 3.05. The van der Waals surface area contributed by atoms with Crippen LogP contribution in [0.15, 0.2) is 41.0 Å². The van der Waals surface area contributed by atoms with Crippen molar-refractivity contribution in [3.05, 3.63) is 56.7 Å². The van der Waals surface area contributed by atoms with E-state index < -0.39 is 4.92 Å². The number of halogens is 1. The zero-order valence-corrected chi connectivity index (χ0v) is 11.6. The standard InChI is InChI=1S/C12H9BrN4O3/c13-9-4-3-7(17(18)19)6-10(9)20-12-8(11(14)15)2-1-5-16-12/h1-6H,(H3,14,15). The fourth-order valence-corrected chi connectivity index (χ4v) is 1.79. The van der Waals surface area contributed by atoms with Crippen LogP contribution in [-0.4, -0.2) is 15.7 Å². The molecule has 0 saturated heterocycles. The van der Waals surface area contributed by atoms with Crippen LogP contribution in [0.1, 0.15) is 5.56 Å². The number of amidine groups is 1. The molecule has 0 spiro atoms. The van der Waals surface area contributed by atoms with E-state index >= 15 is 0 Å². The molecule has 3 N–H and O–H groups in total. The molecule has 1 aromatic carbocycles. The molecule has 0 fully saturated rings. The van der Waals surface area contributed by atoms with Gasteiger partial charge in [0, 0.05) is 12.3 Å². The van der Waals surface area contributed by atoms with Crippen molar-refractivity contribution in [3.63, 3.8) is 0 Å². The Balaban J connectivity index is 2.42. The van der Waals surface area contributed by atoms with Crippen LogP contribution in [0.2, 0.25) is 0 Å². The van der Waals surface area contributed by atoms with Gasteiger partial charge >= 0.3 is 0 Å². The maximum absolute atomic E-state index is 10.8. The quantitative estimate of drug-likeness (QED) is 0.385. The molecule has 2 aromatic rings. The van der Waals surface area contributed by atoms with Gasteiger partial charge in [-0.1, -0.05) is 0 Å². The topological polar surface area (TPSA) is 115 Å². The molecule has 20 heavy (non-hydrogen) atoms. The van der Waals surface area contributed by atoms with E-state index in [9.17, 15) is 10.1 Å². The lowest BCUT2D eigenvalue weighted by molar-refractivity contribution is -0.384. The highest BCUT2D eigenvalue weighted by Crippen LogP contribution is 2.33. The zero-order valence-electron chi connectivity index (χ0n) is 10.0. The van der Waals surface area contributed by atoms with Crippen LogP contribution in [-0.2, 0) is 0 Å². The summed E-state index contributed by atoms with van der Waals surface area (Å²) in [5.74, 6) is 0.135. The van der Waals surface area contributed by atoms with Gasteiger partial charge in [0.1, 0.15) is 5.84 Å². The number of nitro groups is 1. The summed E-state index contributed by atoms with van der Waals surface area (Å²) in [7, 11) is 0. The first-order valence-corrected chi connectivity index (χ1v) is 6.19. The van der Waals surface area contributed by atoms with Crippen LogP contribution in [0.4, 0.5) is 5.69 Å². The van der Waals surface area contributed by atoms with E-state index in [-0.39, 0.29) is 23.2 Å². The predicted molar refractivity (Wildman–Crippen MR) is 76.1 cm³/mol. The number of nitrogen functional groups attached to an aromatic ring is 1. The SMILES string of the molecule is N=C(N)c1cccnc1Oc1cc([N+](=O)[O-])ccc1Br. The number of nitrogens with two attached hydrogens (primary N) is 1. The van der Waals surface area contributed by atoms with E-state index in [4.69, 9.17) is 15.9 Å². The number of pyridine rings is 1. The monoisotopic (exact) mass is 336 g/mol. The van der Waals surface area contributed by atoms with Crippen molar-refractivity contribution in [2.24, 2.45) is 5.73 Å². The molecule has 8 heteroatoms. The predicted octanol–water partition coefficient (Wildman–Crippen LogP) is 2.83. The number of nitrogens with zero attached hydrogens (tertiary/aromatic N) is 2. The van der Waals surface area contributed by atoms with Crippen molar-refractivity contribution >= 4 is 27.5 Å². The van der Waals surface area contributed by atoms with Gasteiger partial charge in [0.15, 0.2) is 5.75 Å². The molecule has 0 saturated carbocycles. The number of aromatic nitrogens is 1. The van der Waals surface area contributed by atoms with Crippen molar-refractivity contribution in [2.75, 3.05) is 0 Å². The van der Waals surface area contributed by atoms with Crippen LogP contribution in [0.3, 0.4) is 0 Å². The largest absolute Gasteiger partial charge is 0.437 e. The maximum atomic E-state index is 10.8. The highest BCUT2D eigenvalue weighted by molar-refractivity contribution is 9.10. The molecule has 0 aliphatic rings. The molecule has 0 amide bonds. The Morgan fingerprint density at radius 1 is 1.45 bits per heavy atom. The van der Waals surface area contributed by atoms with Gasteiger partial charge in [-0.25, -0.2) is 4.98 Å². The second-order valence-electron chi connectivity index (χ2n) is 3.74. The Morgan fingerprint density at radius 2 is 2.20 bits per heavy atom. The summed E-state index contributed by atoms with van der Waals surface area (Å²) in [6.07, 6.45) is 1.48. The number of nitrogens with one attached hydrogen (secondary N) is 1. The highest BCUT2D eigenvalue weighted by Gasteiger charge is 2.14. The van der Waals surface area contributed by atoms with Gasteiger partial charge in [-0.3, -0.25) is 15.5 Å². The average molecular weight is 337 g/mol. The minimum Gasteiger partial charge on any atom is -0.437 e. The first-order valence-electron chi connectivity index (χ1n) is 5.40. The van der Waals surface area contributed by atoms with Gasteiger partial charge in [-0.05, 0) is 34.1 Å². The molecule has 7 nitrogen and oxygen atoms in total. The van der Waals surface area contributed by atoms with Crippen LogP contribution >= 0.6 is 15.9 Å². The van der Waals surface area contributed by atoms with Gasteiger partial charge in [-0.2, -0.15) is 0 Å². The molecule has 1 aromatic heterocycles. The van der Waals surface area contributed by atoms with Gasteiger partial charge in [0.25, 0.3) is 5.69 Å². The van der Waals surface area contributed by atoms with E-state index in [1.54, 1.807) is 12.1 Å². The van der Waals surface area contributed by atoms with Crippen LogP contribution < -0.4 is 10.5 Å². The molecule has 0 aliphatic carbocycles. The van der Waals surface area contributed by atoms with Gasteiger partial charge in [0.2, 0.25) is 5.88 Å². The minimum absolute atomic E-state index is 0.108. The Morgan fingerprint density at radius 3 is 2.85 bits per heavy atom. The highest BCUT2D eigenvalue weighted by atomic mass is 79.9. The van der Waals surface area contributed by atoms with Crippen molar-refractivity contribution < 1.29 is 9.66 Å². The number of hydrogen-bond donors (Lipinski definition) is 2. The summed E-state index contributed by atoms with van der Waals surface area (Å²) in [5, 5.41) is 18.2. The molecular weight excluding hydrogens is 328 g/mol. The summed E-state index contributed by atoms with van der Waals surface area (Å²) >= 11 is 3.24. The Kier molecular flexibility index (Phi) is 3.94. The lowest BCUT2D eigenvalue weighted by Crippen LogP contribution is -2.12. The zero-order chi connectivity index (χ0) is 14.7. The Labute approximate surface area is 122 Å². The first kappa shape index (κ1) is 13.9. The average Bonchev–Trinajstić information content (AvgIpc) is 2.41. The Bertz CT molecular complexity index is 690. The number of non-ortho nitro benzene ring substituents is 1. The van der Waals surface area contributed by atoms with Crippen molar-refractivity contribution in [2.45, 2.75) is 0 Å². The Hall–Kier alpha value is -2.48. The summed E-state index contributed by atoms with van der Waals surface area (Å²) in [6.45, 7) is 0. The van der Waals surface area contributed by atoms with E-state index in [1.165, 1.54) is 24.4 Å². The van der Waals surface area contributed by atoms with E-state index in [0.717, 1.165) is 0 Å². The van der Waals surface area contributed by atoms with Crippen LogP contribution in [0.5, 0.6) is 11.6 Å². The lowest BCUT2D eigenvalue weighted by atomic mass is 10.2. The molecule has 102 valence electrons. The molecule has 0 bridgehead atoms. The smallest absolute Gasteiger partial charge is 0.273 e. The number of rotatable bonds is 4. The second kappa shape index (κ2) is 5.66. The van der Waals surface area contributed by atoms with E-state index in [1.807, 2.05) is 0 Å². The van der Waals surface area contributed by atoms with Gasteiger partial charge in [-0.15, -0.1) is 0 Å². The number of ether oxygens (including phenoxy) is 1. The molecule has 2 rings (SSSR count). The normalized spacial score (nSPS) is 10.1. The van der Waals surface area contributed by atoms with Gasteiger partial charge in [0.05, 0.1) is 21.0 Å². The number of nitro benzene ring substituents is 1. The summed E-state index contributed by atoms with van der Waals surface area (Å²) in [4.78, 5) is 14.2. The fourth-order valence-electron chi connectivity index (χ4n) is 1.47. The lowest BCUT2D eigenvalue weighted by Gasteiger charge is -2.09. The third kappa shape index (κ3) is 2.91. The van der Waals surface area contributed by atoms with Crippen LogP contribution in [0, 0.1) is 15.5 Å². The van der Waals surface area contributed by atoms with Crippen LogP contribution in [0.25, 0.3) is 0 Å². The number of benzene rings is 1. The van der Waals surface area contributed by atoms with Crippen molar-refractivity contribution in [3.8, 4) is 11.6 Å². The summed E-state index contributed by atoms with van der Waals surface area (Å²) < 4.78 is 6.04. The fraction of sp³-hybridized carbons (Fsp3) is 0. The molecule has 1 heterocycles. The second-order valence-corrected chi connectivity index (χ2v) is 4.60. The minimum atomic E-state index is -0.524. The van der Waals surface area contributed by atoms with E-state index in [0.29, 0.717) is 10.0 Å². The number of hydrogen-bond acceptors (Lipinski definition) is 5. The van der Waals surface area contributed by atoms with Crippen molar-refractivity contribution in [1.82, 2.24) is 4.98 Å². The first-order chi connectivity index (χ1) is 9.49. The third-order valence-electron chi connectivity index (χ3n) is 2.39. The summed E-state index contributed by atoms with van der Waals surface area (Å²) in [5.41, 5.74) is 5.63. The molecule has 0 atom stereocenters. The molecule has 0 radical (unpaired) electrons. The molecule has 0 aliphatic heterocycles.